The second kappa shape index (κ2) is 5.65. The summed E-state index contributed by atoms with van der Waals surface area (Å²) in [5, 5.41) is 8.64. The van der Waals surface area contributed by atoms with Crippen molar-refractivity contribution in [2.75, 3.05) is 19.7 Å². The highest BCUT2D eigenvalue weighted by Gasteiger charge is 2.24. The van der Waals surface area contributed by atoms with E-state index in [0.717, 1.165) is 19.5 Å². The minimum atomic E-state index is -0.193. The highest BCUT2D eigenvalue weighted by atomic mass is 16.2. The van der Waals surface area contributed by atoms with Gasteiger partial charge in [-0.25, -0.2) is 0 Å². The van der Waals surface area contributed by atoms with Crippen LogP contribution in [0.15, 0.2) is 18.5 Å². The number of aliphatic hydroxyl groups excluding tert-OH is 1. The van der Waals surface area contributed by atoms with Crippen molar-refractivity contribution in [3.05, 3.63) is 29.6 Å². The van der Waals surface area contributed by atoms with Crippen LogP contribution in [0.3, 0.4) is 0 Å². The first-order valence-corrected chi connectivity index (χ1v) is 6.04. The number of aliphatic hydroxyl groups is 1. The van der Waals surface area contributed by atoms with Gasteiger partial charge in [0.25, 0.3) is 5.91 Å². The Morgan fingerprint density at radius 1 is 1.61 bits per heavy atom. The van der Waals surface area contributed by atoms with E-state index in [-0.39, 0.29) is 12.5 Å². The van der Waals surface area contributed by atoms with Gasteiger partial charge in [0.05, 0.1) is 5.56 Å². The van der Waals surface area contributed by atoms with Crippen molar-refractivity contribution in [2.24, 2.45) is 5.92 Å². The Morgan fingerprint density at radius 3 is 3.11 bits per heavy atom. The lowest BCUT2D eigenvalue weighted by atomic mass is 10.1. The summed E-state index contributed by atoms with van der Waals surface area (Å²) in [6.07, 6.45) is 4.21. The number of hydrogen-bond donors (Lipinski definition) is 1. The van der Waals surface area contributed by atoms with E-state index in [2.05, 4.69) is 23.7 Å². The van der Waals surface area contributed by atoms with E-state index in [4.69, 9.17) is 5.11 Å². The summed E-state index contributed by atoms with van der Waals surface area (Å²) in [5.74, 6) is 5.89. The average molecular weight is 244 g/mol. The molecule has 1 aromatic rings. The first-order valence-electron chi connectivity index (χ1n) is 6.04. The molecule has 1 unspecified atom stereocenters. The van der Waals surface area contributed by atoms with Crippen molar-refractivity contribution < 1.29 is 9.90 Å². The molecule has 0 aromatic carbocycles. The SMILES string of the molecule is CC1CCN(C(=O)c2cncc(C#CCO)c2)C1. The lowest BCUT2D eigenvalue weighted by molar-refractivity contribution is 0.0787. The molecule has 0 aliphatic carbocycles. The fourth-order valence-corrected chi connectivity index (χ4v) is 2.07. The zero-order valence-electron chi connectivity index (χ0n) is 10.4. The molecule has 4 heteroatoms. The van der Waals surface area contributed by atoms with Crippen LogP contribution in [-0.2, 0) is 0 Å². The summed E-state index contributed by atoms with van der Waals surface area (Å²) in [6.45, 7) is 3.58. The molecule has 94 valence electrons. The van der Waals surface area contributed by atoms with E-state index in [9.17, 15) is 4.79 Å². The number of rotatable bonds is 1. The van der Waals surface area contributed by atoms with E-state index in [1.165, 1.54) is 0 Å². The van der Waals surface area contributed by atoms with Crippen molar-refractivity contribution in [3.63, 3.8) is 0 Å². The second-order valence-corrected chi connectivity index (χ2v) is 4.57. The Balaban J connectivity index is 2.15. The van der Waals surface area contributed by atoms with Crippen LogP contribution in [-0.4, -0.2) is 40.6 Å². The Labute approximate surface area is 107 Å². The molecule has 0 spiro atoms. The van der Waals surface area contributed by atoms with Crippen LogP contribution in [0.2, 0.25) is 0 Å². The van der Waals surface area contributed by atoms with Crippen LogP contribution in [0.25, 0.3) is 0 Å². The highest BCUT2D eigenvalue weighted by molar-refractivity contribution is 5.94. The molecule has 18 heavy (non-hydrogen) atoms. The fourth-order valence-electron chi connectivity index (χ4n) is 2.07. The molecular formula is C14H16N2O2. The molecule has 1 amide bonds. The number of hydrogen-bond acceptors (Lipinski definition) is 3. The van der Waals surface area contributed by atoms with Crippen LogP contribution in [0.1, 0.15) is 29.3 Å². The standard InChI is InChI=1S/C14H16N2O2/c1-11-4-5-16(10-11)14(18)13-7-12(3-2-6-17)8-15-9-13/h7-9,11,17H,4-6,10H2,1H3. The Morgan fingerprint density at radius 2 is 2.44 bits per heavy atom. The number of likely N-dealkylation sites (tertiary alicyclic amines) is 1. The molecule has 0 radical (unpaired) electrons. The third-order valence-electron chi connectivity index (χ3n) is 3.01. The maximum absolute atomic E-state index is 12.2. The lowest BCUT2D eigenvalue weighted by Gasteiger charge is -2.15. The van der Waals surface area contributed by atoms with Crippen LogP contribution < -0.4 is 0 Å². The Hall–Kier alpha value is -1.86. The van der Waals surface area contributed by atoms with E-state index >= 15 is 0 Å². The first-order chi connectivity index (χ1) is 8.70. The maximum Gasteiger partial charge on any atom is 0.255 e. The highest BCUT2D eigenvalue weighted by Crippen LogP contribution is 2.17. The average Bonchev–Trinajstić information content (AvgIpc) is 2.82. The predicted octanol–water partition coefficient (Wildman–Crippen LogP) is 0.907. The molecule has 1 aliphatic rings. The summed E-state index contributed by atoms with van der Waals surface area (Å²) in [6, 6.07) is 1.72. The molecule has 4 nitrogen and oxygen atoms in total. The normalized spacial score (nSPS) is 18.3. The number of nitrogens with zero attached hydrogens (tertiary/aromatic N) is 2. The van der Waals surface area contributed by atoms with Crippen LogP contribution >= 0.6 is 0 Å². The molecule has 1 fully saturated rings. The first kappa shape index (κ1) is 12.6. The van der Waals surface area contributed by atoms with Gasteiger partial charge in [-0.15, -0.1) is 0 Å². The largest absolute Gasteiger partial charge is 0.384 e. The van der Waals surface area contributed by atoms with Gasteiger partial charge in [-0.05, 0) is 18.4 Å². The molecule has 2 rings (SSSR count). The molecule has 1 atom stereocenters. The number of aromatic nitrogens is 1. The summed E-state index contributed by atoms with van der Waals surface area (Å²) >= 11 is 0. The van der Waals surface area contributed by atoms with Gasteiger partial charge in [-0.3, -0.25) is 9.78 Å². The lowest BCUT2D eigenvalue weighted by Crippen LogP contribution is -2.28. The third kappa shape index (κ3) is 2.88. The minimum absolute atomic E-state index is 0.0134. The molecule has 1 saturated heterocycles. The van der Waals surface area contributed by atoms with Gasteiger partial charge in [0.1, 0.15) is 6.61 Å². The third-order valence-corrected chi connectivity index (χ3v) is 3.01. The summed E-state index contributed by atoms with van der Waals surface area (Å²) in [7, 11) is 0. The van der Waals surface area contributed by atoms with Gasteiger partial charge >= 0.3 is 0 Å². The summed E-state index contributed by atoms with van der Waals surface area (Å²) in [5.41, 5.74) is 1.22. The molecule has 0 saturated carbocycles. The van der Waals surface area contributed by atoms with Gasteiger partial charge < -0.3 is 10.0 Å². The van der Waals surface area contributed by atoms with E-state index in [1.807, 2.05) is 4.90 Å². The number of carbonyl (C=O) groups is 1. The van der Waals surface area contributed by atoms with Crippen molar-refractivity contribution in [1.29, 1.82) is 0 Å². The minimum Gasteiger partial charge on any atom is -0.384 e. The monoisotopic (exact) mass is 244 g/mol. The van der Waals surface area contributed by atoms with Crippen molar-refractivity contribution in [1.82, 2.24) is 9.88 Å². The summed E-state index contributed by atoms with van der Waals surface area (Å²) in [4.78, 5) is 18.1. The van der Waals surface area contributed by atoms with E-state index < -0.39 is 0 Å². The quantitative estimate of drug-likeness (QED) is 0.747. The Bertz CT molecular complexity index is 502. The predicted molar refractivity (Wildman–Crippen MR) is 67.9 cm³/mol. The fraction of sp³-hybridized carbons (Fsp3) is 0.429. The second-order valence-electron chi connectivity index (χ2n) is 4.57. The smallest absolute Gasteiger partial charge is 0.255 e. The van der Waals surface area contributed by atoms with Crippen LogP contribution in [0.5, 0.6) is 0 Å². The number of amides is 1. The zero-order chi connectivity index (χ0) is 13.0. The van der Waals surface area contributed by atoms with Gasteiger partial charge in [-0.1, -0.05) is 18.8 Å². The van der Waals surface area contributed by atoms with Crippen molar-refractivity contribution in [3.8, 4) is 11.8 Å². The molecule has 1 aromatic heterocycles. The number of pyridine rings is 1. The van der Waals surface area contributed by atoms with Crippen molar-refractivity contribution in [2.45, 2.75) is 13.3 Å². The molecule has 0 bridgehead atoms. The van der Waals surface area contributed by atoms with Crippen LogP contribution in [0, 0.1) is 17.8 Å². The van der Waals surface area contributed by atoms with Crippen LogP contribution in [0.4, 0.5) is 0 Å². The van der Waals surface area contributed by atoms with Gasteiger partial charge in [-0.2, -0.15) is 0 Å². The number of carbonyl (C=O) groups excluding carboxylic acids is 1. The van der Waals surface area contributed by atoms with Gasteiger partial charge in [0, 0.05) is 31.0 Å². The van der Waals surface area contributed by atoms with E-state index in [0.29, 0.717) is 17.0 Å². The molecule has 1 aliphatic heterocycles. The molecule has 2 heterocycles. The molecule has 1 N–H and O–H groups in total. The summed E-state index contributed by atoms with van der Waals surface area (Å²) < 4.78 is 0. The van der Waals surface area contributed by atoms with Crippen molar-refractivity contribution >= 4 is 5.91 Å². The maximum atomic E-state index is 12.2. The van der Waals surface area contributed by atoms with E-state index in [1.54, 1.807) is 18.5 Å². The van der Waals surface area contributed by atoms with Gasteiger partial charge in [0.15, 0.2) is 0 Å². The Kier molecular flexibility index (Phi) is 3.96. The van der Waals surface area contributed by atoms with Gasteiger partial charge in [0.2, 0.25) is 0 Å². The zero-order valence-corrected chi connectivity index (χ0v) is 10.4. The molecular weight excluding hydrogens is 228 g/mol. The topological polar surface area (TPSA) is 53.4 Å².